The van der Waals surface area contributed by atoms with Crippen LogP contribution in [0.4, 0.5) is 0 Å². The van der Waals surface area contributed by atoms with Crippen LogP contribution in [0, 0.1) is 11.8 Å². The summed E-state index contributed by atoms with van der Waals surface area (Å²) < 4.78 is 34.7. The summed E-state index contributed by atoms with van der Waals surface area (Å²) >= 11 is 0. The van der Waals surface area contributed by atoms with Crippen LogP contribution in [0.25, 0.3) is 0 Å². The minimum absolute atomic E-state index is 0. The van der Waals surface area contributed by atoms with Crippen molar-refractivity contribution in [3.05, 3.63) is 0 Å². The molecule has 0 heterocycles. The van der Waals surface area contributed by atoms with E-state index in [1.165, 1.54) is 7.11 Å². The number of carbonyl (C=O) groups excluding carboxylic acids is 1. The monoisotopic (exact) mass is 276 g/mol. The van der Waals surface area contributed by atoms with Crippen LogP contribution in [0.1, 0.15) is 27.1 Å². The van der Waals surface area contributed by atoms with E-state index in [1.54, 1.807) is 0 Å². The van der Waals surface area contributed by atoms with Gasteiger partial charge in [0.25, 0.3) is 10.1 Å². The minimum Gasteiger partial charge on any atom is -1.00 e. The zero-order chi connectivity index (χ0) is 12.3. The van der Waals surface area contributed by atoms with E-state index in [-0.39, 0.29) is 42.9 Å². The van der Waals surface area contributed by atoms with Crippen LogP contribution >= 0.6 is 0 Å². The van der Waals surface area contributed by atoms with Gasteiger partial charge in [-0.1, -0.05) is 0 Å². The Bertz CT molecular complexity index is 352. The summed E-state index contributed by atoms with van der Waals surface area (Å²) in [7, 11) is -3.10. The van der Waals surface area contributed by atoms with E-state index in [2.05, 4.69) is 4.74 Å². The molecule has 0 amide bonds. The van der Waals surface area contributed by atoms with Crippen LogP contribution in [0.2, 0.25) is 0 Å². The molecular formula is C9H17NaO6S. The van der Waals surface area contributed by atoms with Gasteiger partial charge < -0.3 is 11.3 Å². The Labute approximate surface area is 124 Å². The van der Waals surface area contributed by atoms with E-state index in [0.29, 0.717) is 25.7 Å². The standard InChI is InChI=1S/C9H16O6S.Na.H/c1-15-8(10)6-2-4-7(5-3-6)9(11)16(12,13)14;;/h6-7,9,11H,2-5H2,1H3,(H,12,13,14);;/q;+1;-1. The molecule has 1 rings (SSSR count). The second-order valence-electron chi connectivity index (χ2n) is 4.04. The van der Waals surface area contributed by atoms with Crippen molar-refractivity contribution in [3.8, 4) is 0 Å². The van der Waals surface area contributed by atoms with E-state index in [1.807, 2.05) is 0 Å². The van der Waals surface area contributed by atoms with Crippen LogP contribution in [-0.4, -0.2) is 36.6 Å². The number of aliphatic hydroxyl groups excluding tert-OH is 1. The molecule has 1 atom stereocenters. The first-order valence-electron chi connectivity index (χ1n) is 5.08. The molecule has 2 N–H and O–H groups in total. The van der Waals surface area contributed by atoms with Crippen molar-refractivity contribution in [3.63, 3.8) is 0 Å². The Morgan fingerprint density at radius 3 is 2.18 bits per heavy atom. The summed E-state index contributed by atoms with van der Waals surface area (Å²) in [6.45, 7) is 0. The first-order chi connectivity index (χ1) is 7.36. The first-order valence-corrected chi connectivity index (χ1v) is 6.58. The number of hydrogen-bond donors (Lipinski definition) is 2. The largest absolute Gasteiger partial charge is 1.00 e. The third-order valence-electron chi connectivity index (χ3n) is 3.01. The Morgan fingerprint density at radius 2 is 1.82 bits per heavy atom. The maximum atomic E-state index is 11.2. The fourth-order valence-corrected chi connectivity index (χ4v) is 2.81. The van der Waals surface area contributed by atoms with Gasteiger partial charge in [-0.05, 0) is 25.7 Å². The predicted molar refractivity (Wildman–Crippen MR) is 56.1 cm³/mol. The molecule has 1 fully saturated rings. The van der Waals surface area contributed by atoms with Gasteiger partial charge in [0.2, 0.25) is 0 Å². The van der Waals surface area contributed by atoms with Gasteiger partial charge in [-0.2, -0.15) is 8.42 Å². The maximum absolute atomic E-state index is 11.2. The van der Waals surface area contributed by atoms with Gasteiger partial charge in [0, 0.05) is 5.92 Å². The second-order valence-corrected chi connectivity index (χ2v) is 5.55. The number of hydrogen-bond acceptors (Lipinski definition) is 5. The third kappa shape index (κ3) is 4.84. The topological polar surface area (TPSA) is 101 Å². The fourth-order valence-electron chi connectivity index (χ4n) is 2.05. The van der Waals surface area contributed by atoms with Crippen molar-refractivity contribution in [1.29, 1.82) is 0 Å². The van der Waals surface area contributed by atoms with Crippen molar-refractivity contribution < 1.29 is 58.6 Å². The Balaban J connectivity index is 0. The van der Waals surface area contributed by atoms with Crippen LogP contribution in [0.5, 0.6) is 0 Å². The smallest absolute Gasteiger partial charge is 1.00 e. The van der Waals surface area contributed by atoms with Gasteiger partial charge in [0.15, 0.2) is 5.44 Å². The molecule has 0 aromatic carbocycles. The molecule has 0 aromatic heterocycles. The van der Waals surface area contributed by atoms with Gasteiger partial charge in [0.1, 0.15) is 0 Å². The molecule has 1 unspecified atom stereocenters. The molecule has 1 aliphatic carbocycles. The summed E-state index contributed by atoms with van der Waals surface area (Å²) in [4.78, 5) is 11.2. The quantitative estimate of drug-likeness (QED) is 0.330. The number of rotatable bonds is 3. The van der Waals surface area contributed by atoms with Crippen molar-refractivity contribution >= 4 is 16.1 Å². The molecule has 0 spiro atoms. The molecule has 1 aliphatic rings. The van der Waals surface area contributed by atoms with E-state index in [9.17, 15) is 18.3 Å². The van der Waals surface area contributed by atoms with Gasteiger partial charge in [-0.3, -0.25) is 9.35 Å². The average Bonchev–Trinajstić information content (AvgIpc) is 2.26. The van der Waals surface area contributed by atoms with E-state index < -0.39 is 21.5 Å². The fraction of sp³-hybridized carbons (Fsp3) is 0.889. The Morgan fingerprint density at radius 1 is 1.35 bits per heavy atom. The van der Waals surface area contributed by atoms with E-state index in [0.717, 1.165) is 0 Å². The Hall–Kier alpha value is 0.340. The molecule has 0 aromatic rings. The van der Waals surface area contributed by atoms with Crippen LogP contribution < -0.4 is 29.6 Å². The molecule has 17 heavy (non-hydrogen) atoms. The second kappa shape index (κ2) is 7.06. The molecular weight excluding hydrogens is 259 g/mol. The Kier molecular flexibility index (Phi) is 7.20. The first kappa shape index (κ1) is 17.3. The van der Waals surface area contributed by atoms with Crippen LogP contribution in [0.3, 0.4) is 0 Å². The van der Waals surface area contributed by atoms with Gasteiger partial charge >= 0.3 is 35.5 Å². The molecule has 1 saturated carbocycles. The molecule has 0 aliphatic heterocycles. The van der Waals surface area contributed by atoms with Gasteiger partial charge in [-0.15, -0.1) is 0 Å². The van der Waals surface area contributed by atoms with Crippen molar-refractivity contribution in [2.75, 3.05) is 7.11 Å². The SMILES string of the molecule is COC(=O)C1CCC(C(O)S(=O)(=O)O)CC1.[H-].[Na+]. The maximum Gasteiger partial charge on any atom is 1.00 e. The minimum atomic E-state index is -4.41. The van der Waals surface area contributed by atoms with Crippen molar-refractivity contribution in [2.24, 2.45) is 11.8 Å². The average molecular weight is 276 g/mol. The molecule has 0 saturated heterocycles. The van der Waals surface area contributed by atoms with E-state index >= 15 is 0 Å². The van der Waals surface area contributed by atoms with Gasteiger partial charge in [-0.25, -0.2) is 0 Å². The summed E-state index contributed by atoms with van der Waals surface area (Å²) in [6.07, 6.45) is 1.73. The zero-order valence-electron chi connectivity index (χ0n) is 11.0. The number of esters is 1. The van der Waals surface area contributed by atoms with E-state index in [4.69, 9.17) is 4.55 Å². The predicted octanol–water partition coefficient (Wildman–Crippen LogP) is -2.71. The van der Waals surface area contributed by atoms with Crippen LogP contribution in [-0.2, 0) is 19.6 Å². The number of aliphatic hydroxyl groups is 1. The summed E-state index contributed by atoms with van der Waals surface area (Å²) in [5.41, 5.74) is -1.74. The molecule has 8 heteroatoms. The number of methoxy groups -OCH3 is 1. The number of carbonyl (C=O) groups is 1. The molecule has 0 radical (unpaired) electrons. The summed E-state index contributed by atoms with van der Waals surface area (Å²) in [5, 5.41) is 9.34. The van der Waals surface area contributed by atoms with Gasteiger partial charge in [0.05, 0.1) is 13.0 Å². The van der Waals surface area contributed by atoms with Crippen LogP contribution in [0.15, 0.2) is 0 Å². The summed E-state index contributed by atoms with van der Waals surface area (Å²) in [6, 6.07) is 0. The zero-order valence-corrected chi connectivity index (χ0v) is 12.8. The van der Waals surface area contributed by atoms with Crippen molar-refractivity contribution in [1.82, 2.24) is 0 Å². The molecule has 96 valence electrons. The third-order valence-corrected chi connectivity index (χ3v) is 4.01. The molecule has 6 nitrogen and oxygen atoms in total. The van der Waals surface area contributed by atoms with Crippen molar-refractivity contribution in [2.45, 2.75) is 31.1 Å². The number of ether oxygens (including phenoxy) is 1. The summed E-state index contributed by atoms with van der Waals surface area (Å²) in [5.74, 6) is -1.04. The normalized spacial score (nSPS) is 26.8. The molecule has 0 bridgehead atoms.